The van der Waals surface area contributed by atoms with Gasteiger partial charge in [0, 0.05) is 37.1 Å². The first-order chi connectivity index (χ1) is 10.2. The largest absolute Gasteiger partial charge is 0.351 e. The fraction of sp³-hybridized carbons (Fsp3) is 0.333. The van der Waals surface area contributed by atoms with Gasteiger partial charge in [-0.15, -0.1) is 0 Å². The Hall–Kier alpha value is -2.68. The van der Waals surface area contributed by atoms with Crippen LogP contribution in [0.2, 0.25) is 0 Å². The predicted octanol–water partition coefficient (Wildman–Crippen LogP) is 1.36. The first kappa shape index (κ1) is 13.3. The van der Waals surface area contributed by atoms with Crippen molar-refractivity contribution in [2.24, 2.45) is 5.41 Å². The minimum Gasteiger partial charge on any atom is -0.351 e. The lowest BCUT2D eigenvalue weighted by Crippen LogP contribution is -2.32. The van der Waals surface area contributed by atoms with Gasteiger partial charge in [-0.1, -0.05) is 0 Å². The predicted molar refractivity (Wildman–Crippen MR) is 75.2 cm³/mol. The molecule has 0 saturated heterocycles. The van der Waals surface area contributed by atoms with Gasteiger partial charge in [-0.05, 0) is 31.0 Å². The number of rotatable bonds is 5. The van der Waals surface area contributed by atoms with E-state index in [1.807, 2.05) is 23.0 Å². The number of hydrogen-bond acceptors (Lipinski definition) is 4. The number of hydrogen-bond donors (Lipinski definition) is 1. The molecule has 3 rings (SSSR count). The van der Waals surface area contributed by atoms with Crippen molar-refractivity contribution >= 4 is 5.91 Å². The molecule has 1 aliphatic carbocycles. The summed E-state index contributed by atoms with van der Waals surface area (Å²) in [5.41, 5.74) is 0.912. The molecule has 2 aromatic rings. The SMILES string of the molecule is N#Cc1ccc(C(=O)NCC2(Cn3cccn3)CC2)cn1. The molecule has 106 valence electrons. The van der Waals surface area contributed by atoms with Crippen molar-refractivity contribution in [3.8, 4) is 6.07 Å². The zero-order chi connectivity index (χ0) is 14.7. The maximum atomic E-state index is 12.1. The van der Waals surface area contributed by atoms with Crippen molar-refractivity contribution in [1.82, 2.24) is 20.1 Å². The van der Waals surface area contributed by atoms with Gasteiger partial charge in [0.1, 0.15) is 11.8 Å². The van der Waals surface area contributed by atoms with Crippen molar-refractivity contribution in [3.63, 3.8) is 0 Å². The number of carbonyl (C=O) groups excluding carboxylic acids is 1. The van der Waals surface area contributed by atoms with Crippen molar-refractivity contribution in [2.75, 3.05) is 6.54 Å². The second-order valence-electron chi connectivity index (χ2n) is 5.43. The van der Waals surface area contributed by atoms with Crippen molar-refractivity contribution in [3.05, 3.63) is 48.0 Å². The molecule has 1 N–H and O–H groups in total. The molecule has 0 radical (unpaired) electrons. The zero-order valence-corrected chi connectivity index (χ0v) is 11.5. The van der Waals surface area contributed by atoms with Gasteiger partial charge in [0.2, 0.25) is 0 Å². The Kier molecular flexibility index (Phi) is 3.40. The Labute approximate surface area is 122 Å². The number of nitrogens with zero attached hydrogens (tertiary/aromatic N) is 4. The van der Waals surface area contributed by atoms with Gasteiger partial charge < -0.3 is 5.32 Å². The average molecular weight is 281 g/mol. The van der Waals surface area contributed by atoms with Gasteiger partial charge in [-0.2, -0.15) is 10.4 Å². The minimum absolute atomic E-state index is 0.127. The number of nitrogens with one attached hydrogen (secondary N) is 1. The van der Waals surface area contributed by atoms with Crippen molar-refractivity contribution in [2.45, 2.75) is 19.4 Å². The van der Waals surface area contributed by atoms with Crippen LogP contribution in [-0.2, 0) is 6.54 Å². The van der Waals surface area contributed by atoms with E-state index in [2.05, 4.69) is 15.4 Å². The Balaban J connectivity index is 1.57. The quantitative estimate of drug-likeness (QED) is 0.897. The Morgan fingerprint density at radius 1 is 1.48 bits per heavy atom. The maximum Gasteiger partial charge on any atom is 0.252 e. The molecule has 0 spiro atoms. The number of carbonyl (C=O) groups is 1. The summed E-state index contributed by atoms with van der Waals surface area (Å²) in [5, 5.41) is 15.8. The molecule has 0 atom stereocenters. The molecule has 0 aliphatic heterocycles. The van der Waals surface area contributed by atoms with E-state index >= 15 is 0 Å². The molecular weight excluding hydrogens is 266 g/mol. The number of nitriles is 1. The highest BCUT2D eigenvalue weighted by molar-refractivity contribution is 5.93. The molecular formula is C15H15N5O. The van der Waals surface area contributed by atoms with Crippen LogP contribution in [0.1, 0.15) is 28.9 Å². The van der Waals surface area contributed by atoms with Gasteiger partial charge in [-0.25, -0.2) is 4.98 Å². The third-order valence-electron chi connectivity index (χ3n) is 3.78. The fourth-order valence-electron chi connectivity index (χ4n) is 2.27. The molecule has 1 saturated carbocycles. The Morgan fingerprint density at radius 2 is 2.33 bits per heavy atom. The van der Waals surface area contributed by atoms with Gasteiger partial charge in [0.05, 0.1) is 5.56 Å². The van der Waals surface area contributed by atoms with Gasteiger partial charge in [0.15, 0.2) is 0 Å². The van der Waals surface area contributed by atoms with Gasteiger partial charge >= 0.3 is 0 Å². The molecule has 1 aliphatic rings. The maximum absolute atomic E-state index is 12.1. The van der Waals surface area contributed by atoms with Gasteiger partial charge in [0.25, 0.3) is 5.91 Å². The highest BCUT2D eigenvalue weighted by Crippen LogP contribution is 2.46. The molecule has 6 heteroatoms. The monoisotopic (exact) mass is 281 g/mol. The minimum atomic E-state index is -0.154. The summed E-state index contributed by atoms with van der Waals surface area (Å²) < 4.78 is 1.91. The molecule has 0 aromatic carbocycles. The lowest BCUT2D eigenvalue weighted by atomic mass is 10.1. The van der Waals surface area contributed by atoms with Crippen LogP contribution < -0.4 is 5.32 Å². The third-order valence-corrected chi connectivity index (χ3v) is 3.78. The van der Waals surface area contributed by atoms with Gasteiger partial charge in [-0.3, -0.25) is 9.48 Å². The first-order valence-corrected chi connectivity index (χ1v) is 6.83. The smallest absolute Gasteiger partial charge is 0.252 e. The van der Waals surface area contributed by atoms with E-state index in [-0.39, 0.29) is 11.3 Å². The highest BCUT2D eigenvalue weighted by Gasteiger charge is 2.43. The van der Waals surface area contributed by atoms with E-state index in [1.54, 1.807) is 18.3 Å². The second-order valence-corrected chi connectivity index (χ2v) is 5.43. The highest BCUT2D eigenvalue weighted by atomic mass is 16.1. The topological polar surface area (TPSA) is 83.6 Å². The van der Waals surface area contributed by atoms with Crippen LogP contribution >= 0.6 is 0 Å². The summed E-state index contributed by atoms with van der Waals surface area (Å²) in [6.07, 6.45) is 7.32. The average Bonchev–Trinajstić information content (AvgIpc) is 3.09. The number of amides is 1. The summed E-state index contributed by atoms with van der Waals surface area (Å²) in [7, 11) is 0. The lowest BCUT2D eigenvalue weighted by molar-refractivity contribution is 0.0942. The van der Waals surface area contributed by atoms with Crippen LogP contribution in [0.3, 0.4) is 0 Å². The Morgan fingerprint density at radius 3 is 2.90 bits per heavy atom. The molecule has 2 heterocycles. The zero-order valence-electron chi connectivity index (χ0n) is 11.5. The number of pyridine rings is 1. The molecule has 1 fully saturated rings. The van der Waals surface area contributed by atoms with Crippen LogP contribution in [0.4, 0.5) is 0 Å². The van der Waals surface area contributed by atoms with E-state index in [4.69, 9.17) is 5.26 Å². The summed E-state index contributed by atoms with van der Waals surface area (Å²) in [5.74, 6) is -0.154. The van der Waals surface area contributed by atoms with Crippen LogP contribution in [0.5, 0.6) is 0 Å². The molecule has 0 unspecified atom stereocenters. The number of aromatic nitrogens is 3. The standard InChI is InChI=1S/C15H15N5O/c16-8-13-3-2-12(9-17-13)14(21)18-10-15(4-5-15)11-20-7-1-6-19-20/h1-3,6-7,9H,4-5,10-11H2,(H,18,21). The fourth-order valence-corrected chi connectivity index (χ4v) is 2.27. The Bertz CT molecular complexity index is 665. The van der Waals surface area contributed by atoms with E-state index < -0.39 is 0 Å². The second kappa shape index (κ2) is 5.37. The van der Waals surface area contributed by atoms with Crippen LogP contribution in [-0.4, -0.2) is 27.2 Å². The molecule has 2 aromatic heterocycles. The van der Waals surface area contributed by atoms with E-state index in [0.717, 1.165) is 19.4 Å². The van der Waals surface area contributed by atoms with Crippen molar-refractivity contribution in [1.29, 1.82) is 5.26 Å². The van der Waals surface area contributed by atoms with E-state index in [9.17, 15) is 4.79 Å². The molecule has 1 amide bonds. The van der Waals surface area contributed by atoms with E-state index in [0.29, 0.717) is 17.8 Å². The first-order valence-electron chi connectivity index (χ1n) is 6.83. The lowest BCUT2D eigenvalue weighted by Gasteiger charge is -2.16. The molecule has 6 nitrogen and oxygen atoms in total. The van der Waals surface area contributed by atoms with Crippen molar-refractivity contribution < 1.29 is 4.79 Å². The summed E-state index contributed by atoms with van der Waals surface area (Å²) in [6, 6.07) is 7.00. The van der Waals surface area contributed by atoms with Crippen LogP contribution in [0, 0.1) is 16.7 Å². The van der Waals surface area contributed by atoms with Crippen LogP contribution in [0.15, 0.2) is 36.8 Å². The van der Waals surface area contributed by atoms with E-state index in [1.165, 1.54) is 6.20 Å². The molecule has 0 bridgehead atoms. The molecule has 21 heavy (non-hydrogen) atoms. The normalized spacial score (nSPS) is 15.2. The van der Waals surface area contributed by atoms with Crippen LogP contribution in [0.25, 0.3) is 0 Å². The third kappa shape index (κ3) is 3.08. The summed E-state index contributed by atoms with van der Waals surface area (Å²) in [6.45, 7) is 1.46. The summed E-state index contributed by atoms with van der Waals surface area (Å²) in [4.78, 5) is 16.0. The summed E-state index contributed by atoms with van der Waals surface area (Å²) >= 11 is 0.